The van der Waals surface area contributed by atoms with Crippen molar-refractivity contribution >= 4 is 6.02 Å². The lowest BCUT2D eigenvalue weighted by Crippen LogP contribution is -2.31. The molecule has 158 valence electrons. The normalized spacial score (nSPS) is 18.7. The van der Waals surface area contributed by atoms with Crippen LogP contribution in [0, 0.1) is 0 Å². The standard InChI is InChI=1S/C24H24N4O3/c1-28(2)10-11-29-18-6-8-22-20(13-18)24(15-30-23(25)27-24)19-12-16(5-7-21(19)31-22)17-4-3-9-26-14-17/h3-9,12-14H,10-11,15H2,1-2H3,(H2,25,27)/t24-/m0/s1. The van der Waals surface area contributed by atoms with Crippen LogP contribution in [0.25, 0.3) is 11.1 Å². The number of benzene rings is 2. The summed E-state index contributed by atoms with van der Waals surface area (Å²) in [5.41, 5.74) is 9.04. The summed E-state index contributed by atoms with van der Waals surface area (Å²) < 4.78 is 17.9. The van der Waals surface area contributed by atoms with E-state index in [2.05, 4.69) is 16.0 Å². The number of rotatable bonds is 5. The Labute approximate surface area is 181 Å². The van der Waals surface area contributed by atoms with Gasteiger partial charge in [0.05, 0.1) is 0 Å². The van der Waals surface area contributed by atoms with Crippen LogP contribution in [0.15, 0.2) is 65.9 Å². The Hall–Kier alpha value is -3.58. The number of pyridine rings is 1. The van der Waals surface area contributed by atoms with Gasteiger partial charge in [0.1, 0.15) is 30.5 Å². The fourth-order valence-corrected chi connectivity index (χ4v) is 3.98. The van der Waals surface area contributed by atoms with E-state index in [1.807, 2.05) is 62.8 Å². The van der Waals surface area contributed by atoms with Gasteiger partial charge in [-0.3, -0.25) is 4.98 Å². The maximum absolute atomic E-state index is 6.24. The summed E-state index contributed by atoms with van der Waals surface area (Å²) in [5.74, 6) is 2.23. The Morgan fingerprint density at radius 1 is 1.06 bits per heavy atom. The van der Waals surface area contributed by atoms with Crippen LogP contribution in [-0.2, 0) is 10.3 Å². The number of nitrogens with zero attached hydrogens (tertiary/aromatic N) is 3. The molecule has 0 bridgehead atoms. The number of hydrogen-bond acceptors (Lipinski definition) is 7. The highest BCUT2D eigenvalue weighted by molar-refractivity contribution is 5.78. The van der Waals surface area contributed by atoms with Crippen molar-refractivity contribution in [2.45, 2.75) is 5.54 Å². The second-order valence-corrected chi connectivity index (χ2v) is 7.96. The molecule has 7 heteroatoms. The lowest BCUT2D eigenvalue weighted by Gasteiger charge is -2.34. The quantitative estimate of drug-likeness (QED) is 0.687. The molecule has 0 saturated heterocycles. The van der Waals surface area contributed by atoms with Gasteiger partial charge in [-0.15, -0.1) is 0 Å². The maximum atomic E-state index is 6.24. The van der Waals surface area contributed by atoms with Gasteiger partial charge < -0.3 is 24.8 Å². The number of aliphatic imine (C=N–C) groups is 1. The minimum Gasteiger partial charge on any atom is -0.492 e. The van der Waals surface area contributed by atoms with Crippen LogP contribution in [0.1, 0.15) is 11.1 Å². The molecule has 0 aliphatic carbocycles. The molecule has 31 heavy (non-hydrogen) atoms. The van der Waals surface area contributed by atoms with Gasteiger partial charge in [0.2, 0.25) is 0 Å². The minimum absolute atomic E-state index is 0.171. The summed E-state index contributed by atoms with van der Waals surface area (Å²) >= 11 is 0. The zero-order valence-corrected chi connectivity index (χ0v) is 17.5. The van der Waals surface area contributed by atoms with Crippen molar-refractivity contribution in [1.82, 2.24) is 9.88 Å². The summed E-state index contributed by atoms with van der Waals surface area (Å²) in [6, 6.07) is 16.0. The summed E-state index contributed by atoms with van der Waals surface area (Å²) in [5, 5.41) is 0. The van der Waals surface area contributed by atoms with Crippen LogP contribution in [0.5, 0.6) is 17.2 Å². The molecule has 0 saturated carbocycles. The number of ether oxygens (including phenoxy) is 3. The van der Waals surface area contributed by atoms with E-state index in [1.165, 1.54) is 0 Å². The average Bonchev–Trinajstić information content (AvgIpc) is 3.17. The van der Waals surface area contributed by atoms with Gasteiger partial charge in [-0.1, -0.05) is 12.1 Å². The van der Waals surface area contributed by atoms with Gasteiger partial charge in [-0.2, -0.15) is 0 Å². The van der Waals surface area contributed by atoms with Crippen LogP contribution in [0.3, 0.4) is 0 Å². The Kier molecular flexibility index (Phi) is 4.75. The molecule has 0 radical (unpaired) electrons. The molecule has 2 N–H and O–H groups in total. The lowest BCUT2D eigenvalue weighted by molar-refractivity contribution is 0.254. The first-order valence-electron chi connectivity index (χ1n) is 10.2. The Morgan fingerprint density at radius 3 is 2.58 bits per heavy atom. The zero-order chi connectivity index (χ0) is 21.4. The third kappa shape index (κ3) is 3.47. The number of nitrogens with two attached hydrogens (primary N) is 1. The molecule has 3 heterocycles. The SMILES string of the molecule is CN(C)CCOc1ccc2c(c1)[C@]1(COC(N)=N1)c1cc(-c3cccnc3)ccc1O2. The fraction of sp³-hybridized carbons (Fsp3) is 0.250. The van der Waals surface area contributed by atoms with Gasteiger partial charge in [0, 0.05) is 35.6 Å². The highest BCUT2D eigenvalue weighted by Gasteiger charge is 2.47. The Bertz CT molecular complexity index is 1150. The molecule has 7 nitrogen and oxygen atoms in total. The second kappa shape index (κ2) is 7.59. The molecule has 0 unspecified atom stereocenters. The topological polar surface area (TPSA) is 82.2 Å². The smallest absolute Gasteiger partial charge is 0.283 e. The monoisotopic (exact) mass is 416 g/mol. The van der Waals surface area contributed by atoms with Gasteiger partial charge in [0.25, 0.3) is 6.02 Å². The molecule has 0 amide bonds. The molecule has 2 aromatic carbocycles. The highest BCUT2D eigenvalue weighted by Crippen LogP contribution is 2.52. The van der Waals surface area contributed by atoms with Gasteiger partial charge in [0.15, 0.2) is 5.54 Å². The third-order valence-corrected chi connectivity index (χ3v) is 5.57. The summed E-state index contributed by atoms with van der Waals surface area (Å²) in [7, 11) is 4.03. The Morgan fingerprint density at radius 2 is 1.87 bits per heavy atom. The molecule has 2 aliphatic rings. The average molecular weight is 416 g/mol. The molecule has 0 fully saturated rings. The van der Waals surface area contributed by atoms with Gasteiger partial charge in [-0.25, -0.2) is 4.99 Å². The van der Waals surface area contributed by atoms with Crippen LogP contribution < -0.4 is 15.2 Å². The van der Waals surface area contributed by atoms with Crippen LogP contribution in [0.4, 0.5) is 0 Å². The third-order valence-electron chi connectivity index (χ3n) is 5.57. The Balaban J connectivity index is 1.59. The first-order chi connectivity index (χ1) is 15.0. The van der Waals surface area contributed by atoms with Crippen molar-refractivity contribution in [3.8, 4) is 28.4 Å². The molecule has 5 rings (SSSR count). The molecular weight excluding hydrogens is 392 g/mol. The number of likely N-dealkylation sites (N-methyl/N-ethyl adjacent to an activating group) is 1. The van der Waals surface area contributed by atoms with E-state index in [-0.39, 0.29) is 6.02 Å². The molecule has 1 atom stereocenters. The van der Waals surface area contributed by atoms with Crippen molar-refractivity contribution in [1.29, 1.82) is 0 Å². The first-order valence-corrected chi connectivity index (χ1v) is 10.2. The number of amidine groups is 1. The summed E-state index contributed by atoms with van der Waals surface area (Å²) in [4.78, 5) is 11.1. The van der Waals surface area contributed by atoms with Crippen molar-refractivity contribution in [3.05, 3.63) is 72.1 Å². The molecular formula is C24H24N4O3. The van der Waals surface area contributed by atoms with Gasteiger partial charge >= 0.3 is 0 Å². The molecule has 1 spiro atoms. The van der Waals surface area contributed by atoms with Crippen LogP contribution >= 0.6 is 0 Å². The van der Waals surface area contributed by atoms with E-state index in [0.29, 0.717) is 13.2 Å². The summed E-state index contributed by atoms with van der Waals surface area (Å²) in [6.45, 7) is 1.72. The summed E-state index contributed by atoms with van der Waals surface area (Å²) in [6.07, 6.45) is 3.60. The second-order valence-electron chi connectivity index (χ2n) is 7.96. The van der Waals surface area contributed by atoms with E-state index in [1.54, 1.807) is 6.20 Å². The largest absolute Gasteiger partial charge is 0.492 e. The number of aromatic nitrogens is 1. The zero-order valence-electron chi connectivity index (χ0n) is 17.5. The van der Waals surface area contributed by atoms with Crippen LogP contribution in [0.2, 0.25) is 0 Å². The number of fused-ring (bicyclic) bond motifs is 4. The molecule has 2 aliphatic heterocycles. The maximum Gasteiger partial charge on any atom is 0.283 e. The fourth-order valence-electron chi connectivity index (χ4n) is 3.98. The minimum atomic E-state index is -0.786. The molecule has 3 aromatic rings. The van der Waals surface area contributed by atoms with Gasteiger partial charge in [-0.05, 0) is 56.1 Å². The van der Waals surface area contributed by atoms with Crippen molar-refractivity contribution in [3.63, 3.8) is 0 Å². The van der Waals surface area contributed by atoms with E-state index >= 15 is 0 Å². The predicted molar refractivity (Wildman–Crippen MR) is 119 cm³/mol. The van der Waals surface area contributed by atoms with Crippen molar-refractivity contribution in [2.24, 2.45) is 10.7 Å². The van der Waals surface area contributed by atoms with Crippen molar-refractivity contribution < 1.29 is 14.2 Å². The van der Waals surface area contributed by atoms with E-state index in [4.69, 9.17) is 24.9 Å². The molecule has 1 aromatic heterocycles. The van der Waals surface area contributed by atoms with Crippen molar-refractivity contribution in [2.75, 3.05) is 33.9 Å². The first kappa shape index (κ1) is 19.4. The van der Waals surface area contributed by atoms with E-state index in [9.17, 15) is 0 Å². The lowest BCUT2D eigenvalue weighted by atomic mass is 9.80. The number of hydrogen-bond donors (Lipinski definition) is 1. The van der Waals surface area contributed by atoms with E-state index < -0.39 is 5.54 Å². The predicted octanol–water partition coefficient (Wildman–Crippen LogP) is 3.38. The van der Waals surface area contributed by atoms with E-state index in [0.717, 1.165) is 46.0 Å². The highest BCUT2D eigenvalue weighted by atomic mass is 16.5. The van der Waals surface area contributed by atoms with Crippen LogP contribution in [-0.4, -0.2) is 49.8 Å².